The highest BCUT2D eigenvalue weighted by atomic mass is 35.5. The Morgan fingerprint density at radius 3 is 2.35 bits per heavy atom. The highest BCUT2D eigenvalue weighted by Crippen LogP contribution is 2.50. The Hall–Kier alpha value is -1.55. The molecule has 0 bridgehead atoms. The minimum Gasteiger partial charge on any atom is -0.468 e. The molecule has 0 aliphatic carbocycles. The zero-order chi connectivity index (χ0) is 30.3. The number of benzene rings is 2. The molecule has 2 aromatic rings. The van der Waals surface area contributed by atoms with Crippen molar-refractivity contribution in [1.82, 2.24) is 5.32 Å². The van der Waals surface area contributed by atoms with Crippen LogP contribution >= 0.6 is 23.2 Å². The van der Waals surface area contributed by atoms with Crippen molar-refractivity contribution < 1.29 is 22.7 Å². The summed E-state index contributed by atoms with van der Waals surface area (Å²) in [6.07, 6.45) is 1.15. The number of rotatable bonds is 9. The molecule has 1 aliphatic heterocycles. The Morgan fingerprint density at radius 1 is 1.12 bits per heavy atom. The van der Waals surface area contributed by atoms with E-state index in [1.54, 1.807) is 12.1 Å². The summed E-state index contributed by atoms with van der Waals surface area (Å²) in [5.74, 6) is -3.01. The molecule has 0 aromatic heterocycles. The lowest BCUT2D eigenvalue weighted by Crippen LogP contribution is -2.52. The lowest BCUT2D eigenvalue weighted by molar-refractivity contribution is -0.143. The normalized spacial score (nSPS) is 23.9. The van der Waals surface area contributed by atoms with Crippen LogP contribution < -0.4 is 11.1 Å². The molecule has 1 saturated heterocycles. The lowest BCUT2D eigenvalue weighted by Gasteiger charge is -2.41. The summed E-state index contributed by atoms with van der Waals surface area (Å²) in [5, 5.41) is 3.47. The summed E-state index contributed by atoms with van der Waals surface area (Å²) >= 11 is 12.2. The smallest absolute Gasteiger partial charge is 0.323 e. The van der Waals surface area contributed by atoms with Gasteiger partial charge in [-0.15, -0.1) is 0 Å². The Balaban J connectivity index is 2.09. The Morgan fingerprint density at radius 2 is 1.77 bits per heavy atom. The molecule has 222 valence electrons. The average Bonchev–Trinajstić information content (AvgIpc) is 3.11. The van der Waals surface area contributed by atoms with Crippen LogP contribution in [0.5, 0.6) is 0 Å². The molecule has 0 amide bonds. The number of methoxy groups -OCH3 is 1. The van der Waals surface area contributed by atoms with E-state index in [4.69, 9.17) is 38.1 Å². The van der Waals surface area contributed by atoms with Crippen molar-refractivity contribution in [2.45, 2.75) is 89.1 Å². The monoisotopic (exact) mass is 614 g/mol. The number of carbonyl (C=O) groups excluding carboxylic acids is 1. The molecule has 1 aliphatic rings. The molecule has 1 fully saturated rings. The van der Waals surface area contributed by atoms with Gasteiger partial charge in [0.25, 0.3) is 0 Å². The Bertz CT molecular complexity index is 1240. The van der Waals surface area contributed by atoms with Crippen molar-refractivity contribution in [3.05, 3.63) is 69.2 Å². The molecule has 0 radical (unpaired) electrons. The first-order valence-corrected chi connectivity index (χ1v) is 17.2. The quantitative estimate of drug-likeness (QED) is 0.225. The molecular weight excluding hydrogens is 573 g/mol. The zero-order valence-corrected chi connectivity index (χ0v) is 27.1. The van der Waals surface area contributed by atoms with Gasteiger partial charge in [-0.1, -0.05) is 76.0 Å². The predicted molar refractivity (Wildman–Crippen MR) is 160 cm³/mol. The average molecular weight is 616 g/mol. The van der Waals surface area contributed by atoms with Crippen LogP contribution in [0.25, 0.3) is 0 Å². The minimum atomic E-state index is -1.96. The molecule has 0 spiro atoms. The number of hydrogen-bond donors (Lipinski definition) is 2. The molecule has 1 heterocycles. The van der Waals surface area contributed by atoms with Crippen LogP contribution in [0.2, 0.25) is 28.2 Å². The second kappa shape index (κ2) is 12.0. The van der Waals surface area contributed by atoms with Crippen LogP contribution in [0.15, 0.2) is 36.4 Å². The third-order valence-electron chi connectivity index (χ3n) is 8.78. The van der Waals surface area contributed by atoms with Gasteiger partial charge in [-0.3, -0.25) is 10.1 Å². The van der Waals surface area contributed by atoms with Gasteiger partial charge in [0.1, 0.15) is 17.7 Å². The van der Waals surface area contributed by atoms with E-state index in [1.165, 1.54) is 31.4 Å². The van der Waals surface area contributed by atoms with E-state index < -0.39 is 49.5 Å². The number of nitrogens with two attached hydrogens (primary N) is 1. The number of nitrogens with one attached hydrogen (secondary N) is 1. The molecule has 2 aromatic carbocycles. The maximum atomic E-state index is 15.6. The molecule has 40 heavy (non-hydrogen) atoms. The molecule has 5 nitrogen and oxygen atoms in total. The van der Waals surface area contributed by atoms with E-state index in [9.17, 15) is 4.79 Å². The molecule has 3 N–H and O–H groups in total. The third kappa shape index (κ3) is 6.58. The highest BCUT2D eigenvalue weighted by molar-refractivity contribution is 6.74. The number of esters is 1. The second-order valence-electron chi connectivity index (χ2n) is 13.1. The van der Waals surface area contributed by atoms with Crippen molar-refractivity contribution in [1.29, 1.82) is 0 Å². The molecule has 3 rings (SSSR count). The summed E-state index contributed by atoms with van der Waals surface area (Å²) in [6, 6.07) is 7.07. The van der Waals surface area contributed by atoms with E-state index in [0.717, 1.165) is 0 Å². The summed E-state index contributed by atoms with van der Waals surface area (Å²) in [7, 11) is -0.702. The van der Waals surface area contributed by atoms with E-state index in [2.05, 4.69) is 53.0 Å². The zero-order valence-electron chi connectivity index (χ0n) is 24.6. The van der Waals surface area contributed by atoms with Gasteiger partial charge >= 0.3 is 5.97 Å². The first-order valence-electron chi connectivity index (χ1n) is 13.5. The van der Waals surface area contributed by atoms with Crippen LogP contribution in [-0.2, 0) is 19.5 Å². The summed E-state index contributed by atoms with van der Waals surface area (Å²) in [6.45, 7) is 15.7. The van der Waals surface area contributed by atoms with Gasteiger partial charge in [-0.2, -0.15) is 0 Å². The van der Waals surface area contributed by atoms with Crippen molar-refractivity contribution in [3.8, 4) is 0 Å². The van der Waals surface area contributed by atoms with Crippen molar-refractivity contribution in [2.75, 3.05) is 13.7 Å². The van der Waals surface area contributed by atoms with Gasteiger partial charge in [0.05, 0.1) is 17.7 Å². The molecular formula is C30H42Cl2F2N2O3Si. The molecule has 4 atom stereocenters. The van der Waals surface area contributed by atoms with Gasteiger partial charge in [-0.25, -0.2) is 8.78 Å². The second-order valence-corrected chi connectivity index (χ2v) is 18.8. The van der Waals surface area contributed by atoms with Gasteiger partial charge in [0.2, 0.25) is 0 Å². The Labute approximate surface area is 248 Å². The van der Waals surface area contributed by atoms with Crippen molar-refractivity contribution in [3.63, 3.8) is 0 Å². The fourth-order valence-electron chi connectivity index (χ4n) is 5.35. The van der Waals surface area contributed by atoms with E-state index in [-0.39, 0.29) is 31.6 Å². The first-order chi connectivity index (χ1) is 18.4. The number of hydrogen-bond acceptors (Lipinski definition) is 5. The lowest BCUT2D eigenvalue weighted by atomic mass is 9.68. The largest absolute Gasteiger partial charge is 0.468 e. The molecule has 10 heteroatoms. The molecule has 0 saturated carbocycles. The van der Waals surface area contributed by atoms with Crippen LogP contribution in [0.3, 0.4) is 0 Å². The summed E-state index contributed by atoms with van der Waals surface area (Å²) < 4.78 is 42.7. The number of carbonyl (C=O) groups is 1. The van der Waals surface area contributed by atoms with Gasteiger partial charge in [-0.05, 0) is 60.2 Å². The van der Waals surface area contributed by atoms with Crippen LogP contribution in [-0.4, -0.2) is 40.1 Å². The van der Waals surface area contributed by atoms with Crippen LogP contribution in [0.4, 0.5) is 8.78 Å². The van der Waals surface area contributed by atoms with E-state index in [0.29, 0.717) is 19.4 Å². The maximum absolute atomic E-state index is 15.6. The SMILES string of the molecule is COC(=O)[C@@H]1N[C@@H](CC(C)(C)CCO[Si](C)(C)C(C)(C)C)[C@](N)(c2ccc(Cl)cc2F)[C@H]1c1cccc(Cl)c1F. The van der Waals surface area contributed by atoms with Crippen LogP contribution in [0, 0.1) is 17.0 Å². The van der Waals surface area contributed by atoms with Gasteiger partial charge < -0.3 is 14.9 Å². The van der Waals surface area contributed by atoms with Crippen LogP contribution in [0.1, 0.15) is 64.5 Å². The predicted octanol–water partition coefficient (Wildman–Crippen LogP) is 7.55. The van der Waals surface area contributed by atoms with Crippen molar-refractivity contribution >= 4 is 37.5 Å². The summed E-state index contributed by atoms with van der Waals surface area (Å²) in [5.41, 5.74) is 5.56. The highest BCUT2D eigenvalue weighted by Gasteiger charge is 2.59. The molecule has 0 unspecified atom stereocenters. The summed E-state index contributed by atoms with van der Waals surface area (Å²) in [4.78, 5) is 13.1. The fraction of sp³-hybridized carbons (Fsp3) is 0.567. The third-order valence-corrected chi connectivity index (χ3v) is 13.8. The Kier molecular flexibility index (Phi) is 9.87. The first kappa shape index (κ1) is 33.0. The standard InChI is InChI=1S/C30H42Cl2F2N2O3Si/c1-28(2,3)40(7,8)39-15-14-29(4,5)17-23-30(35,20-13-12-18(31)16-22(20)33)24(26(36-23)27(37)38-6)19-10-9-11-21(32)25(19)34/h9-13,16,23-24,26,36H,14-15,17,35H2,1-8H3/t23-,24-,26+,30+/m0/s1. The van der Waals surface area contributed by atoms with E-state index >= 15 is 8.78 Å². The number of ether oxygens (including phenoxy) is 1. The fourth-order valence-corrected chi connectivity index (χ4v) is 6.74. The topological polar surface area (TPSA) is 73.6 Å². The minimum absolute atomic E-state index is 0.0741. The number of halogens is 4. The van der Waals surface area contributed by atoms with Gasteiger partial charge in [0, 0.05) is 29.2 Å². The van der Waals surface area contributed by atoms with E-state index in [1.807, 2.05) is 0 Å². The van der Waals surface area contributed by atoms with Crippen molar-refractivity contribution in [2.24, 2.45) is 11.1 Å². The maximum Gasteiger partial charge on any atom is 0.323 e. The van der Waals surface area contributed by atoms with Gasteiger partial charge in [0.15, 0.2) is 8.32 Å².